The summed E-state index contributed by atoms with van der Waals surface area (Å²) in [6, 6.07) is 0.373. The quantitative estimate of drug-likeness (QED) is 0.821. The fourth-order valence-electron chi connectivity index (χ4n) is 2.18. The van der Waals surface area contributed by atoms with Crippen molar-refractivity contribution in [2.75, 3.05) is 32.1 Å². The molecule has 0 amide bonds. The number of esters is 1. The molecule has 6 nitrogen and oxygen atoms in total. The molecule has 0 aromatic carbocycles. The molecule has 6 heteroatoms. The normalized spacial score (nSPS) is 19.4. The molecule has 0 radical (unpaired) electrons. The zero-order valence-corrected chi connectivity index (χ0v) is 11.6. The minimum atomic E-state index is -0.368. The Morgan fingerprint density at radius 1 is 1.63 bits per heavy atom. The van der Waals surface area contributed by atoms with Gasteiger partial charge in [-0.1, -0.05) is 0 Å². The summed E-state index contributed by atoms with van der Waals surface area (Å²) in [5.41, 5.74) is 1.07. The number of anilines is 1. The van der Waals surface area contributed by atoms with E-state index in [2.05, 4.69) is 27.2 Å². The first-order chi connectivity index (χ1) is 9.10. The molecule has 19 heavy (non-hydrogen) atoms. The Bertz CT molecular complexity index is 464. The first-order valence-electron chi connectivity index (χ1n) is 6.56. The molecule has 0 aliphatic carbocycles. The smallest absolute Gasteiger partial charge is 0.341 e. The molecule has 1 aliphatic rings. The van der Waals surface area contributed by atoms with Gasteiger partial charge in [0.25, 0.3) is 0 Å². The summed E-state index contributed by atoms with van der Waals surface area (Å²) < 4.78 is 4.95. The van der Waals surface area contributed by atoms with Crippen LogP contribution in [-0.4, -0.2) is 53.6 Å². The van der Waals surface area contributed by atoms with Crippen LogP contribution in [-0.2, 0) is 4.74 Å². The van der Waals surface area contributed by atoms with Crippen molar-refractivity contribution in [1.29, 1.82) is 0 Å². The van der Waals surface area contributed by atoms with Crippen LogP contribution in [0.25, 0.3) is 0 Å². The Hall–Kier alpha value is -1.69. The van der Waals surface area contributed by atoms with Gasteiger partial charge >= 0.3 is 5.97 Å². The SMILES string of the molecule is CCOC(=O)c1cnc(NC2CCN(C)C2)nc1C. The zero-order valence-electron chi connectivity index (χ0n) is 11.6. The van der Waals surface area contributed by atoms with E-state index in [0.717, 1.165) is 19.5 Å². The third-order valence-corrected chi connectivity index (χ3v) is 3.20. The van der Waals surface area contributed by atoms with E-state index in [9.17, 15) is 4.79 Å². The van der Waals surface area contributed by atoms with Crippen molar-refractivity contribution in [1.82, 2.24) is 14.9 Å². The molecule has 0 spiro atoms. The lowest BCUT2D eigenvalue weighted by Crippen LogP contribution is -2.25. The first kappa shape index (κ1) is 13.7. The molecule has 1 atom stereocenters. The molecular formula is C13H20N4O2. The molecule has 104 valence electrons. The lowest BCUT2D eigenvalue weighted by Gasteiger charge is -2.13. The van der Waals surface area contributed by atoms with E-state index in [-0.39, 0.29) is 5.97 Å². The van der Waals surface area contributed by atoms with Gasteiger partial charge in [0, 0.05) is 18.8 Å². The highest BCUT2D eigenvalue weighted by Crippen LogP contribution is 2.13. The van der Waals surface area contributed by atoms with Gasteiger partial charge in [-0.05, 0) is 33.9 Å². The minimum absolute atomic E-state index is 0.354. The molecule has 1 aliphatic heterocycles. The summed E-state index contributed by atoms with van der Waals surface area (Å²) in [5, 5.41) is 3.29. The van der Waals surface area contributed by atoms with E-state index in [1.807, 2.05) is 0 Å². The predicted octanol–water partition coefficient (Wildman–Crippen LogP) is 1.08. The maximum atomic E-state index is 11.6. The molecule has 0 saturated carbocycles. The third-order valence-electron chi connectivity index (χ3n) is 3.20. The molecule has 2 heterocycles. The zero-order chi connectivity index (χ0) is 13.8. The van der Waals surface area contributed by atoms with Gasteiger partial charge < -0.3 is 15.0 Å². The highest BCUT2D eigenvalue weighted by Gasteiger charge is 2.20. The Balaban J connectivity index is 2.04. The lowest BCUT2D eigenvalue weighted by atomic mass is 10.2. The number of aryl methyl sites for hydroxylation is 1. The monoisotopic (exact) mass is 264 g/mol. The van der Waals surface area contributed by atoms with Gasteiger partial charge in [-0.2, -0.15) is 0 Å². The van der Waals surface area contributed by atoms with Crippen molar-refractivity contribution in [3.63, 3.8) is 0 Å². The number of carbonyl (C=O) groups is 1. The van der Waals surface area contributed by atoms with E-state index >= 15 is 0 Å². The summed E-state index contributed by atoms with van der Waals surface area (Å²) in [5.74, 6) is 0.206. The van der Waals surface area contributed by atoms with Crippen molar-refractivity contribution >= 4 is 11.9 Å². The third kappa shape index (κ3) is 3.41. The van der Waals surface area contributed by atoms with Gasteiger partial charge in [-0.25, -0.2) is 14.8 Å². The van der Waals surface area contributed by atoms with Crippen LogP contribution in [0, 0.1) is 6.92 Å². The van der Waals surface area contributed by atoms with Gasteiger partial charge in [0.15, 0.2) is 0 Å². The Labute approximate surface area is 113 Å². The van der Waals surface area contributed by atoms with E-state index in [1.165, 1.54) is 6.20 Å². The number of nitrogens with zero attached hydrogens (tertiary/aromatic N) is 3. The van der Waals surface area contributed by atoms with Crippen LogP contribution >= 0.6 is 0 Å². The van der Waals surface area contributed by atoms with Crippen molar-refractivity contribution < 1.29 is 9.53 Å². The predicted molar refractivity (Wildman–Crippen MR) is 72.3 cm³/mol. The van der Waals surface area contributed by atoms with Crippen LogP contribution in [0.4, 0.5) is 5.95 Å². The average Bonchev–Trinajstić information content (AvgIpc) is 2.75. The van der Waals surface area contributed by atoms with Crippen LogP contribution < -0.4 is 5.32 Å². The molecule has 0 bridgehead atoms. The Kier molecular flexibility index (Phi) is 4.31. The van der Waals surface area contributed by atoms with Crippen molar-refractivity contribution in [3.05, 3.63) is 17.5 Å². The van der Waals surface area contributed by atoms with Crippen molar-refractivity contribution in [3.8, 4) is 0 Å². The van der Waals surface area contributed by atoms with Gasteiger partial charge in [0.1, 0.15) is 0 Å². The maximum Gasteiger partial charge on any atom is 0.341 e. The number of nitrogens with one attached hydrogen (secondary N) is 1. The second-order valence-electron chi connectivity index (χ2n) is 4.81. The van der Waals surface area contributed by atoms with Crippen molar-refractivity contribution in [2.24, 2.45) is 0 Å². The van der Waals surface area contributed by atoms with Gasteiger partial charge in [-0.15, -0.1) is 0 Å². The highest BCUT2D eigenvalue weighted by atomic mass is 16.5. The highest BCUT2D eigenvalue weighted by molar-refractivity contribution is 5.90. The molecule has 1 fully saturated rings. The van der Waals surface area contributed by atoms with E-state index in [0.29, 0.717) is 29.9 Å². The van der Waals surface area contributed by atoms with Gasteiger partial charge in [-0.3, -0.25) is 0 Å². The topological polar surface area (TPSA) is 67.3 Å². The molecule has 1 saturated heterocycles. The number of likely N-dealkylation sites (N-methyl/N-ethyl adjacent to an activating group) is 1. The standard InChI is InChI=1S/C13H20N4O2/c1-4-19-12(18)11-7-14-13(15-9(11)2)16-10-5-6-17(3)8-10/h7,10H,4-6,8H2,1-3H3,(H,14,15,16). The van der Waals surface area contributed by atoms with E-state index < -0.39 is 0 Å². The Morgan fingerprint density at radius 2 is 2.42 bits per heavy atom. The second-order valence-corrected chi connectivity index (χ2v) is 4.81. The maximum absolute atomic E-state index is 11.6. The van der Waals surface area contributed by atoms with Gasteiger partial charge in [0.05, 0.1) is 17.9 Å². The summed E-state index contributed by atoms with van der Waals surface area (Å²) >= 11 is 0. The number of likely N-dealkylation sites (tertiary alicyclic amines) is 1. The van der Waals surface area contributed by atoms with Crippen LogP contribution in [0.2, 0.25) is 0 Å². The first-order valence-corrected chi connectivity index (χ1v) is 6.56. The largest absolute Gasteiger partial charge is 0.462 e. The molecular weight excluding hydrogens is 244 g/mol. The van der Waals surface area contributed by atoms with E-state index in [1.54, 1.807) is 13.8 Å². The number of ether oxygens (including phenoxy) is 1. The summed E-state index contributed by atoms with van der Waals surface area (Å²) in [4.78, 5) is 22.4. The number of hydrogen-bond acceptors (Lipinski definition) is 6. The summed E-state index contributed by atoms with van der Waals surface area (Å²) in [6.45, 7) is 5.99. The number of carbonyl (C=O) groups excluding carboxylic acids is 1. The average molecular weight is 264 g/mol. The fraction of sp³-hybridized carbons (Fsp3) is 0.615. The summed E-state index contributed by atoms with van der Waals surface area (Å²) in [6.07, 6.45) is 2.61. The second kappa shape index (κ2) is 5.97. The van der Waals surface area contributed by atoms with Crippen LogP contribution in [0.3, 0.4) is 0 Å². The fourth-order valence-corrected chi connectivity index (χ4v) is 2.18. The van der Waals surface area contributed by atoms with Crippen LogP contribution in [0.1, 0.15) is 29.4 Å². The lowest BCUT2D eigenvalue weighted by molar-refractivity contribution is 0.0524. The van der Waals surface area contributed by atoms with Crippen LogP contribution in [0.15, 0.2) is 6.20 Å². The molecule has 1 unspecified atom stereocenters. The number of aromatic nitrogens is 2. The molecule has 1 aromatic heterocycles. The number of rotatable bonds is 4. The van der Waals surface area contributed by atoms with Crippen molar-refractivity contribution in [2.45, 2.75) is 26.3 Å². The van der Waals surface area contributed by atoms with Crippen LogP contribution in [0.5, 0.6) is 0 Å². The van der Waals surface area contributed by atoms with E-state index in [4.69, 9.17) is 4.74 Å². The molecule has 2 rings (SSSR count). The summed E-state index contributed by atoms with van der Waals surface area (Å²) in [7, 11) is 2.09. The number of hydrogen-bond donors (Lipinski definition) is 1. The Morgan fingerprint density at radius 3 is 3.00 bits per heavy atom. The molecule has 1 aromatic rings. The minimum Gasteiger partial charge on any atom is -0.462 e. The molecule has 1 N–H and O–H groups in total. The van der Waals surface area contributed by atoms with Gasteiger partial charge in [0.2, 0.25) is 5.95 Å².